The minimum atomic E-state index is 0.682. The van der Waals surface area contributed by atoms with Gasteiger partial charge in [0.1, 0.15) is 0 Å². The van der Waals surface area contributed by atoms with Gasteiger partial charge >= 0.3 is 0 Å². The molecule has 0 saturated carbocycles. The van der Waals surface area contributed by atoms with E-state index >= 15 is 0 Å². The fourth-order valence-corrected chi connectivity index (χ4v) is 8.41. The third-order valence-corrected chi connectivity index (χ3v) is 11.1. The maximum Gasteiger partial charge on any atom is 0.160 e. The van der Waals surface area contributed by atoms with Gasteiger partial charge in [0.2, 0.25) is 0 Å². The molecule has 3 nitrogen and oxygen atoms in total. The van der Waals surface area contributed by atoms with Gasteiger partial charge in [-0.3, -0.25) is 4.98 Å². The van der Waals surface area contributed by atoms with Crippen molar-refractivity contribution in [3.8, 4) is 56.2 Å². The first-order valence-corrected chi connectivity index (χ1v) is 19.0. The topological polar surface area (TPSA) is 38.7 Å². The lowest BCUT2D eigenvalue weighted by Gasteiger charge is -2.17. The van der Waals surface area contributed by atoms with Crippen LogP contribution in [-0.2, 0) is 0 Å². The van der Waals surface area contributed by atoms with Gasteiger partial charge in [-0.1, -0.05) is 158 Å². The van der Waals surface area contributed by atoms with Crippen LogP contribution in [0.5, 0.6) is 0 Å². The SMILES string of the molecule is c1cncc(-c2cccc(-c3cc(-c4cc5c6ccccc6c6ccccc6c5c5ccccc45)nc(-c4ccc(-c5ccc6ccccc6c5)cc4)n3)c2)c1. The Balaban J connectivity index is 1.14. The van der Waals surface area contributed by atoms with Gasteiger partial charge in [0.15, 0.2) is 5.82 Å². The second kappa shape index (κ2) is 13.1. The van der Waals surface area contributed by atoms with Crippen molar-refractivity contribution >= 4 is 53.9 Å². The molecule has 0 N–H and O–H groups in total. The summed E-state index contributed by atoms with van der Waals surface area (Å²) in [7, 11) is 0. The lowest BCUT2D eigenvalue weighted by atomic mass is 9.88. The van der Waals surface area contributed by atoms with Crippen LogP contribution in [0.25, 0.3) is 110 Å². The Morgan fingerprint density at radius 3 is 1.64 bits per heavy atom. The number of fused-ring (bicyclic) bond motifs is 9. The Hall–Kier alpha value is -7.49. The van der Waals surface area contributed by atoms with Gasteiger partial charge < -0.3 is 0 Å². The van der Waals surface area contributed by atoms with E-state index < -0.39 is 0 Å². The molecule has 0 fully saturated rings. The summed E-state index contributed by atoms with van der Waals surface area (Å²) in [5.74, 6) is 0.682. The Morgan fingerprint density at radius 1 is 0.304 bits per heavy atom. The van der Waals surface area contributed by atoms with Crippen molar-refractivity contribution in [1.82, 2.24) is 15.0 Å². The highest BCUT2D eigenvalue weighted by atomic mass is 14.9. The van der Waals surface area contributed by atoms with E-state index in [0.717, 1.165) is 50.2 Å². The van der Waals surface area contributed by atoms with Crippen molar-refractivity contribution in [1.29, 1.82) is 0 Å². The van der Waals surface area contributed by atoms with E-state index in [9.17, 15) is 0 Å². The first-order chi connectivity index (χ1) is 27.7. The van der Waals surface area contributed by atoms with Crippen molar-refractivity contribution < 1.29 is 0 Å². The Morgan fingerprint density at radius 2 is 0.875 bits per heavy atom. The molecule has 0 saturated heterocycles. The van der Waals surface area contributed by atoms with Gasteiger partial charge in [0, 0.05) is 34.6 Å². The van der Waals surface area contributed by atoms with E-state index in [2.05, 4.69) is 187 Å². The van der Waals surface area contributed by atoms with Crippen LogP contribution in [0.15, 0.2) is 200 Å². The van der Waals surface area contributed by atoms with Gasteiger partial charge in [-0.05, 0) is 101 Å². The quantitative estimate of drug-likeness (QED) is 0.167. The molecule has 0 atom stereocenters. The molecular formula is C53H33N3. The number of hydrogen-bond donors (Lipinski definition) is 0. The van der Waals surface area contributed by atoms with Crippen LogP contribution in [0.4, 0.5) is 0 Å². The third kappa shape index (κ3) is 5.40. The van der Waals surface area contributed by atoms with Crippen LogP contribution in [0, 0.1) is 0 Å². The van der Waals surface area contributed by atoms with Crippen molar-refractivity contribution in [3.05, 3.63) is 200 Å². The molecule has 11 rings (SSSR count). The molecule has 0 spiro atoms. The zero-order valence-electron chi connectivity index (χ0n) is 30.4. The monoisotopic (exact) mass is 711 g/mol. The van der Waals surface area contributed by atoms with Crippen molar-refractivity contribution in [2.24, 2.45) is 0 Å². The van der Waals surface area contributed by atoms with Crippen LogP contribution in [0.2, 0.25) is 0 Å². The molecule has 11 aromatic rings. The largest absolute Gasteiger partial charge is 0.264 e. The molecule has 9 aromatic carbocycles. The standard InChI is InChI=1S/C53H33N3/c1-2-12-37-29-39(27-24-34(37)11-1)35-22-25-36(26-23-35)53-55-50(40-14-9-13-38(30-40)41-15-10-28-54-33-41)32-51(56-53)48-31-49-44-18-4-3-16-42(44)43-17-5-7-20-46(43)52(49)47-21-8-6-19-45(47)48/h1-33H. The van der Waals surface area contributed by atoms with Gasteiger partial charge in [-0.15, -0.1) is 0 Å². The molecule has 2 aromatic heterocycles. The maximum atomic E-state index is 5.40. The molecule has 0 bridgehead atoms. The Bertz CT molecular complexity index is 3300. The first kappa shape index (κ1) is 32.0. The van der Waals surface area contributed by atoms with Gasteiger partial charge in [-0.2, -0.15) is 0 Å². The molecule has 260 valence electrons. The van der Waals surface area contributed by atoms with E-state index in [1.54, 1.807) is 0 Å². The third-order valence-electron chi connectivity index (χ3n) is 11.1. The molecule has 0 unspecified atom stereocenters. The normalized spacial score (nSPS) is 11.6. The van der Waals surface area contributed by atoms with Crippen LogP contribution in [0.3, 0.4) is 0 Å². The average molecular weight is 712 g/mol. The van der Waals surface area contributed by atoms with Gasteiger partial charge in [-0.25, -0.2) is 9.97 Å². The van der Waals surface area contributed by atoms with Crippen molar-refractivity contribution in [3.63, 3.8) is 0 Å². The number of rotatable bonds is 5. The average Bonchev–Trinajstić information content (AvgIpc) is 3.28. The van der Waals surface area contributed by atoms with Gasteiger partial charge in [0.05, 0.1) is 11.4 Å². The summed E-state index contributed by atoms with van der Waals surface area (Å²) in [5.41, 5.74) is 9.29. The zero-order chi connectivity index (χ0) is 37.0. The summed E-state index contributed by atoms with van der Waals surface area (Å²) < 4.78 is 0. The van der Waals surface area contributed by atoms with E-state index in [1.165, 1.54) is 54.0 Å². The summed E-state index contributed by atoms with van der Waals surface area (Å²) in [6.07, 6.45) is 3.71. The second-order valence-corrected chi connectivity index (χ2v) is 14.4. The fourth-order valence-electron chi connectivity index (χ4n) is 8.41. The molecular weight excluding hydrogens is 679 g/mol. The predicted molar refractivity (Wildman–Crippen MR) is 235 cm³/mol. The second-order valence-electron chi connectivity index (χ2n) is 14.4. The smallest absolute Gasteiger partial charge is 0.160 e. The van der Waals surface area contributed by atoms with Crippen LogP contribution in [-0.4, -0.2) is 15.0 Å². The predicted octanol–water partition coefficient (Wildman–Crippen LogP) is 14.0. The Labute approximate surface area is 324 Å². The van der Waals surface area contributed by atoms with Crippen LogP contribution in [0.1, 0.15) is 0 Å². The number of aromatic nitrogens is 3. The summed E-state index contributed by atoms with van der Waals surface area (Å²) in [6.45, 7) is 0. The minimum absolute atomic E-state index is 0.682. The zero-order valence-corrected chi connectivity index (χ0v) is 30.4. The molecule has 0 radical (unpaired) electrons. The number of benzene rings is 9. The number of nitrogens with zero attached hydrogens (tertiary/aromatic N) is 3. The maximum absolute atomic E-state index is 5.40. The van der Waals surface area contributed by atoms with Crippen LogP contribution >= 0.6 is 0 Å². The molecule has 0 aliphatic rings. The molecule has 56 heavy (non-hydrogen) atoms. The molecule has 3 heteroatoms. The van der Waals surface area contributed by atoms with E-state index in [0.29, 0.717) is 5.82 Å². The molecule has 0 aliphatic carbocycles. The van der Waals surface area contributed by atoms with E-state index in [4.69, 9.17) is 9.97 Å². The van der Waals surface area contributed by atoms with E-state index in [1.807, 2.05) is 18.5 Å². The first-order valence-electron chi connectivity index (χ1n) is 19.0. The summed E-state index contributed by atoms with van der Waals surface area (Å²) in [5, 5.41) is 12.3. The van der Waals surface area contributed by atoms with E-state index in [-0.39, 0.29) is 0 Å². The summed E-state index contributed by atoms with van der Waals surface area (Å²) in [6, 6.07) is 67.3. The van der Waals surface area contributed by atoms with Crippen LogP contribution < -0.4 is 0 Å². The highest BCUT2D eigenvalue weighted by molar-refractivity contribution is 6.33. The minimum Gasteiger partial charge on any atom is -0.264 e. The number of pyridine rings is 1. The molecule has 2 heterocycles. The number of hydrogen-bond acceptors (Lipinski definition) is 3. The highest BCUT2D eigenvalue weighted by Gasteiger charge is 2.18. The molecule has 0 aliphatic heterocycles. The van der Waals surface area contributed by atoms with Crippen molar-refractivity contribution in [2.45, 2.75) is 0 Å². The Kier molecular flexibility index (Phi) is 7.49. The van der Waals surface area contributed by atoms with Crippen molar-refractivity contribution in [2.75, 3.05) is 0 Å². The van der Waals surface area contributed by atoms with Gasteiger partial charge in [0.25, 0.3) is 0 Å². The lowest BCUT2D eigenvalue weighted by Crippen LogP contribution is -1.97. The lowest BCUT2D eigenvalue weighted by molar-refractivity contribution is 1.19. The highest BCUT2D eigenvalue weighted by Crippen LogP contribution is 2.43. The molecule has 0 amide bonds. The summed E-state index contributed by atoms with van der Waals surface area (Å²) in [4.78, 5) is 15.1. The fraction of sp³-hybridized carbons (Fsp3) is 0. The summed E-state index contributed by atoms with van der Waals surface area (Å²) >= 11 is 0.